The molecule has 1 saturated heterocycles. The molecule has 2 aliphatic heterocycles. The first-order valence-electron chi connectivity index (χ1n) is 8.71. The lowest BCUT2D eigenvalue weighted by atomic mass is 10.1. The number of nitrogens with zero attached hydrogens (tertiary/aromatic N) is 2. The van der Waals surface area contributed by atoms with Crippen LogP contribution in [0.1, 0.15) is 31.0 Å². The molecule has 1 atom stereocenters. The van der Waals surface area contributed by atoms with Gasteiger partial charge in [-0.1, -0.05) is 0 Å². The van der Waals surface area contributed by atoms with Crippen LogP contribution in [-0.2, 0) is 13.0 Å². The number of nitrogens with one attached hydrogen (secondary N) is 2. The van der Waals surface area contributed by atoms with E-state index in [2.05, 4.69) is 20.5 Å². The van der Waals surface area contributed by atoms with Gasteiger partial charge in [-0.25, -0.2) is 9.78 Å². The molecule has 1 aromatic carbocycles. The average molecular weight is 358 g/mol. The minimum Gasteiger partial charge on any atom is -0.490 e. The second-order valence-electron chi connectivity index (χ2n) is 6.58. The Morgan fingerprint density at radius 2 is 2.24 bits per heavy atom. The monoisotopic (exact) mass is 358 g/mol. The molecule has 1 unspecified atom stereocenters. The molecule has 7 heteroatoms. The number of urea groups is 1. The molecular weight excluding hydrogens is 336 g/mol. The highest BCUT2D eigenvalue weighted by Gasteiger charge is 2.19. The molecule has 4 rings (SSSR count). The van der Waals surface area contributed by atoms with E-state index in [1.165, 1.54) is 12.8 Å². The summed E-state index contributed by atoms with van der Waals surface area (Å²) in [6.45, 7) is 4.65. The van der Waals surface area contributed by atoms with Crippen molar-refractivity contribution in [2.75, 3.05) is 23.3 Å². The van der Waals surface area contributed by atoms with Crippen LogP contribution in [0.25, 0.3) is 0 Å². The predicted molar refractivity (Wildman–Crippen MR) is 99.7 cm³/mol. The molecule has 0 spiro atoms. The largest absolute Gasteiger partial charge is 0.490 e. The minimum absolute atomic E-state index is 0.202. The molecular formula is C18H22N4O2S. The van der Waals surface area contributed by atoms with E-state index in [0.29, 0.717) is 6.54 Å². The molecule has 2 N–H and O–H groups in total. The molecule has 0 aliphatic carbocycles. The molecule has 2 amide bonds. The predicted octanol–water partition coefficient (Wildman–Crippen LogP) is 3.39. The van der Waals surface area contributed by atoms with Gasteiger partial charge in [0.1, 0.15) is 11.9 Å². The van der Waals surface area contributed by atoms with Crippen LogP contribution >= 0.6 is 11.3 Å². The van der Waals surface area contributed by atoms with E-state index in [9.17, 15) is 4.79 Å². The number of carbonyl (C=O) groups excluding carboxylic acids is 1. The Balaban J connectivity index is 1.30. The lowest BCUT2D eigenvalue weighted by Crippen LogP contribution is -2.28. The normalized spacial score (nSPS) is 18.8. The third-order valence-electron chi connectivity index (χ3n) is 4.50. The standard InChI is InChI=1S/C18H22N4O2S/c1-12-8-13-9-14(4-5-16(13)24-12)20-17(23)19-10-15-11-25-18(21-15)22-6-2-3-7-22/h4-5,9,11-12H,2-3,6-8,10H2,1H3,(H2,19,20,23). The Labute approximate surface area is 151 Å². The maximum absolute atomic E-state index is 12.1. The molecule has 25 heavy (non-hydrogen) atoms. The number of aromatic nitrogens is 1. The van der Waals surface area contributed by atoms with Crippen LogP contribution in [0.2, 0.25) is 0 Å². The number of carbonyl (C=O) groups is 1. The summed E-state index contributed by atoms with van der Waals surface area (Å²) >= 11 is 1.65. The van der Waals surface area contributed by atoms with E-state index in [4.69, 9.17) is 4.74 Å². The first-order chi connectivity index (χ1) is 12.2. The van der Waals surface area contributed by atoms with Crippen LogP contribution in [0, 0.1) is 0 Å². The lowest BCUT2D eigenvalue weighted by Gasteiger charge is -2.12. The van der Waals surface area contributed by atoms with Gasteiger partial charge in [0.05, 0.1) is 12.2 Å². The number of fused-ring (bicyclic) bond motifs is 1. The molecule has 3 heterocycles. The van der Waals surface area contributed by atoms with Gasteiger partial charge in [0, 0.05) is 30.6 Å². The number of anilines is 2. The highest BCUT2D eigenvalue weighted by atomic mass is 32.1. The Bertz CT molecular complexity index is 770. The third-order valence-corrected chi connectivity index (χ3v) is 5.45. The Kier molecular flexibility index (Phi) is 4.48. The second kappa shape index (κ2) is 6.92. The summed E-state index contributed by atoms with van der Waals surface area (Å²) in [5.74, 6) is 0.912. The van der Waals surface area contributed by atoms with Gasteiger partial charge >= 0.3 is 6.03 Å². The van der Waals surface area contributed by atoms with E-state index < -0.39 is 0 Å². The van der Waals surface area contributed by atoms with Gasteiger partial charge < -0.3 is 20.3 Å². The van der Waals surface area contributed by atoms with Gasteiger partial charge in [0.2, 0.25) is 0 Å². The number of amides is 2. The summed E-state index contributed by atoms with van der Waals surface area (Å²) in [6.07, 6.45) is 3.55. The Morgan fingerprint density at radius 3 is 3.08 bits per heavy atom. The zero-order valence-electron chi connectivity index (χ0n) is 14.2. The summed E-state index contributed by atoms with van der Waals surface area (Å²) in [7, 11) is 0. The van der Waals surface area contributed by atoms with Crippen molar-refractivity contribution in [3.63, 3.8) is 0 Å². The topological polar surface area (TPSA) is 66.5 Å². The summed E-state index contributed by atoms with van der Waals surface area (Å²) in [6, 6.07) is 5.54. The average Bonchev–Trinajstić information content (AvgIpc) is 3.32. The number of benzene rings is 1. The van der Waals surface area contributed by atoms with E-state index in [1.807, 2.05) is 30.5 Å². The van der Waals surface area contributed by atoms with Crippen molar-refractivity contribution in [2.45, 2.75) is 38.8 Å². The molecule has 2 aromatic rings. The quantitative estimate of drug-likeness (QED) is 0.879. The number of hydrogen-bond acceptors (Lipinski definition) is 5. The van der Waals surface area contributed by atoms with Crippen molar-refractivity contribution < 1.29 is 9.53 Å². The first-order valence-corrected chi connectivity index (χ1v) is 9.59. The van der Waals surface area contributed by atoms with Gasteiger partial charge in [-0.2, -0.15) is 0 Å². The molecule has 0 saturated carbocycles. The van der Waals surface area contributed by atoms with Gasteiger partial charge in [0.15, 0.2) is 5.13 Å². The van der Waals surface area contributed by atoms with Crippen molar-refractivity contribution in [3.05, 3.63) is 34.8 Å². The van der Waals surface area contributed by atoms with E-state index in [0.717, 1.165) is 47.3 Å². The van der Waals surface area contributed by atoms with Crippen molar-refractivity contribution >= 4 is 28.2 Å². The fourth-order valence-corrected chi connectivity index (χ4v) is 4.16. The molecule has 1 aromatic heterocycles. The summed E-state index contributed by atoms with van der Waals surface area (Å²) in [5.41, 5.74) is 2.82. The first kappa shape index (κ1) is 16.2. The number of hydrogen-bond donors (Lipinski definition) is 2. The second-order valence-corrected chi connectivity index (χ2v) is 7.41. The summed E-state index contributed by atoms with van der Waals surface area (Å²) in [4.78, 5) is 19.0. The van der Waals surface area contributed by atoms with Gasteiger partial charge in [-0.15, -0.1) is 11.3 Å². The van der Waals surface area contributed by atoms with Crippen LogP contribution < -0.4 is 20.3 Å². The fourth-order valence-electron chi connectivity index (χ4n) is 3.28. The SMILES string of the molecule is CC1Cc2cc(NC(=O)NCc3csc(N4CCCC4)n3)ccc2O1. The number of thiazole rings is 1. The van der Waals surface area contributed by atoms with Crippen LogP contribution in [0.15, 0.2) is 23.6 Å². The summed E-state index contributed by atoms with van der Waals surface area (Å²) < 4.78 is 5.68. The Morgan fingerprint density at radius 1 is 1.40 bits per heavy atom. The van der Waals surface area contributed by atoms with E-state index in [-0.39, 0.29) is 12.1 Å². The van der Waals surface area contributed by atoms with Crippen molar-refractivity contribution in [3.8, 4) is 5.75 Å². The highest BCUT2D eigenvalue weighted by Crippen LogP contribution is 2.31. The van der Waals surface area contributed by atoms with E-state index >= 15 is 0 Å². The van der Waals surface area contributed by atoms with Gasteiger partial charge in [-0.05, 0) is 43.5 Å². The fraction of sp³-hybridized carbons (Fsp3) is 0.444. The van der Waals surface area contributed by atoms with Crippen LogP contribution in [-0.4, -0.2) is 30.2 Å². The zero-order valence-corrected chi connectivity index (χ0v) is 15.1. The van der Waals surface area contributed by atoms with Crippen molar-refractivity contribution in [2.24, 2.45) is 0 Å². The van der Waals surface area contributed by atoms with Crippen LogP contribution in [0.4, 0.5) is 15.6 Å². The molecule has 132 valence electrons. The van der Waals surface area contributed by atoms with Gasteiger partial charge in [0.25, 0.3) is 0 Å². The lowest BCUT2D eigenvalue weighted by molar-refractivity contribution is 0.251. The number of ether oxygens (including phenoxy) is 1. The number of rotatable bonds is 4. The van der Waals surface area contributed by atoms with E-state index in [1.54, 1.807) is 11.3 Å². The molecule has 1 fully saturated rings. The molecule has 2 aliphatic rings. The maximum atomic E-state index is 12.1. The summed E-state index contributed by atoms with van der Waals surface area (Å²) in [5, 5.41) is 8.82. The van der Waals surface area contributed by atoms with Crippen LogP contribution in [0.5, 0.6) is 5.75 Å². The van der Waals surface area contributed by atoms with Crippen LogP contribution in [0.3, 0.4) is 0 Å². The Hall–Kier alpha value is -2.28. The molecule has 6 nitrogen and oxygen atoms in total. The maximum Gasteiger partial charge on any atom is 0.319 e. The minimum atomic E-state index is -0.220. The molecule has 0 bridgehead atoms. The highest BCUT2D eigenvalue weighted by molar-refractivity contribution is 7.13. The van der Waals surface area contributed by atoms with Crippen molar-refractivity contribution in [1.29, 1.82) is 0 Å². The van der Waals surface area contributed by atoms with Gasteiger partial charge in [-0.3, -0.25) is 0 Å². The zero-order chi connectivity index (χ0) is 17.2. The van der Waals surface area contributed by atoms with Crippen molar-refractivity contribution in [1.82, 2.24) is 10.3 Å². The smallest absolute Gasteiger partial charge is 0.319 e. The third kappa shape index (κ3) is 3.71. The molecule has 0 radical (unpaired) electrons.